The van der Waals surface area contributed by atoms with Crippen LogP contribution < -0.4 is 21.3 Å². The molecule has 0 saturated carbocycles. The molecule has 5 N–H and O–H groups in total. The maximum absolute atomic E-state index is 15.3. The van der Waals surface area contributed by atoms with Gasteiger partial charge in [-0.1, -0.05) is 112 Å². The van der Waals surface area contributed by atoms with E-state index in [1.165, 1.54) is 89.0 Å². The number of allylic oxidation sites excluding steroid dienone is 2. The van der Waals surface area contributed by atoms with Crippen molar-refractivity contribution in [3.8, 4) is 11.5 Å². The molecule has 1 fully saturated rings. The van der Waals surface area contributed by atoms with Crippen molar-refractivity contribution >= 4 is 71.2 Å². The predicted octanol–water partition coefficient (Wildman–Crippen LogP) is 4.66. The molecule has 3 heterocycles. The number of carbonyl (C=O) groups excluding carboxylic acids is 11. The van der Waals surface area contributed by atoms with Crippen LogP contribution in [0.5, 0.6) is 0 Å². The Morgan fingerprint density at radius 1 is 0.608 bits per heavy atom. The number of carbonyl (C=O) groups is 11. The molecule has 0 bridgehead atoms. The Bertz CT molecular complexity index is 3140. The van der Waals surface area contributed by atoms with E-state index in [1.807, 2.05) is 47.6 Å². The van der Waals surface area contributed by atoms with Crippen LogP contribution in [0.3, 0.4) is 0 Å². The topological polar surface area (TPSA) is 349 Å². The number of amides is 11. The SMILES string of the molecule is CC=CC[C@@H](C)[C@@H](O)[C@H]1C(=O)N[C@@H](CC)C(=O)N(C)CC(=O)N(C)[C@@H]([C@@H](C)OCCCC=NOCc2ccc(-c3ccno3)nc2)C(=O)N[C@@H](C(C)C)C(=O)N(C)[C@@H](CC(C)C)C(=O)N[C@@H](C)C(=O)N[C@H](C)C(=O)N(C)[C@@H](CC(C)C)C(=O)N(C)[C@H](CC(C)C)C(=O)N(C)[C@@H](C(C)C)C(=O)N1C. The van der Waals surface area contributed by atoms with Gasteiger partial charge in [-0.25, -0.2) is 0 Å². The first-order chi connectivity index (χ1) is 47.7. The van der Waals surface area contributed by atoms with E-state index < -0.39 is 162 Å². The largest absolute Gasteiger partial charge is 0.391 e. The summed E-state index contributed by atoms with van der Waals surface area (Å²) in [6, 6.07) is -7.85. The first-order valence-corrected chi connectivity index (χ1v) is 35.7. The van der Waals surface area contributed by atoms with Crippen molar-refractivity contribution in [1.82, 2.24) is 65.7 Å². The maximum Gasteiger partial charge on any atom is 0.246 e. The van der Waals surface area contributed by atoms with Gasteiger partial charge in [0.2, 0.25) is 65.0 Å². The lowest BCUT2D eigenvalue weighted by molar-refractivity contribution is -0.157. The van der Waals surface area contributed by atoms with Crippen molar-refractivity contribution in [2.75, 3.05) is 62.5 Å². The standard InChI is InChI=1S/C73H120N14O15/c1-24-26-29-47(13)63(89)62-67(93)79-52(25-2)69(95)81(17)40-58(88)85(21)61(50(16)100-35-28-27-33-75-101-41-51-30-31-53(74-39-51)57-32-34-76-102-57)66(92)80-59(45(9)10)72(98)82(18)54(36-42(3)4)65(91)77-48(14)64(90)78-49(15)68(94)83(19)55(37-43(5)6)70(96)84(20)56(38-44(7)8)71(97)86(22)60(46(11)12)73(99)87(62)23/h24,26,30-34,39,42-50,52,54-56,59-63,89H,25,27-29,35-38,40-41H2,1-23H3,(H,77,91)(H,78,90)(H,79,93)(H,80,92)/t47-,48+,49-,50-,52+,54+,55+,56-,59+,60+,61+,62+,63-/m1/s1. The van der Waals surface area contributed by atoms with E-state index in [0.29, 0.717) is 24.3 Å². The second kappa shape index (κ2) is 41.7. The van der Waals surface area contributed by atoms with Crippen LogP contribution in [-0.2, 0) is 68.9 Å². The van der Waals surface area contributed by atoms with E-state index >= 15 is 24.0 Å². The molecule has 0 radical (unpaired) electrons. The number of aliphatic hydroxyl groups is 1. The van der Waals surface area contributed by atoms with Gasteiger partial charge in [-0.15, -0.1) is 0 Å². The number of rotatable bonds is 23. The summed E-state index contributed by atoms with van der Waals surface area (Å²) in [5.74, 6) is -9.90. The zero-order valence-electron chi connectivity index (χ0n) is 64.7. The second-order valence-electron chi connectivity index (χ2n) is 29.1. The van der Waals surface area contributed by atoms with Gasteiger partial charge in [-0.3, -0.25) is 57.7 Å². The minimum absolute atomic E-state index is 0.0277. The van der Waals surface area contributed by atoms with Gasteiger partial charge in [0.1, 0.15) is 72.7 Å². The fraction of sp³-hybridized carbons (Fsp3) is 0.699. The number of aromatic nitrogens is 2. The maximum atomic E-state index is 15.3. The van der Waals surface area contributed by atoms with E-state index in [-0.39, 0.29) is 63.1 Å². The Hall–Kier alpha value is -8.34. The highest BCUT2D eigenvalue weighted by atomic mass is 16.6. The Kier molecular flexibility index (Phi) is 35.9. The molecule has 29 heteroatoms. The highest BCUT2D eigenvalue weighted by Gasteiger charge is 2.46. The lowest BCUT2D eigenvalue weighted by atomic mass is 9.91. The minimum atomic E-state index is -1.66. The fourth-order valence-corrected chi connectivity index (χ4v) is 12.2. The lowest BCUT2D eigenvalue weighted by Gasteiger charge is -2.41. The molecule has 1 aliphatic rings. The number of pyridine rings is 1. The molecule has 2 aromatic heterocycles. The van der Waals surface area contributed by atoms with Gasteiger partial charge in [0.15, 0.2) is 5.76 Å². The smallest absolute Gasteiger partial charge is 0.246 e. The third-order valence-corrected chi connectivity index (χ3v) is 18.5. The Labute approximate surface area is 604 Å². The van der Waals surface area contributed by atoms with Crippen molar-refractivity contribution < 1.29 is 71.9 Å². The minimum Gasteiger partial charge on any atom is -0.391 e. The number of nitrogens with one attached hydrogen (secondary N) is 4. The van der Waals surface area contributed by atoms with Crippen LogP contribution in [0.2, 0.25) is 0 Å². The molecule has 102 heavy (non-hydrogen) atoms. The van der Waals surface area contributed by atoms with Crippen molar-refractivity contribution in [3.63, 3.8) is 0 Å². The van der Waals surface area contributed by atoms with Crippen LogP contribution in [0.1, 0.15) is 161 Å². The Morgan fingerprint density at radius 3 is 1.69 bits per heavy atom. The number of likely N-dealkylation sites (N-methyl/N-ethyl adjacent to an activating group) is 7. The molecule has 29 nitrogen and oxygen atoms in total. The van der Waals surface area contributed by atoms with E-state index in [2.05, 4.69) is 36.6 Å². The first-order valence-electron chi connectivity index (χ1n) is 35.7. The number of hydrogen-bond acceptors (Lipinski definition) is 18. The normalized spacial score (nSPS) is 24.7. The average Bonchev–Trinajstić information content (AvgIpc) is 0.809. The van der Waals surface area contributed by atoms with Crippen molar-refractivity contribution in [2.45, 2.75) is 235 Å². The molecular weight excluding hydrogens is 1310 g/mol. The van der Waals surface area contributed by atoms with Crippen LogP contribution in [0, 0.1) is 35.5 Å². The predicted molar refractivity (Wildman–Crippen MR) is 387 cm³/mol. The van der Waals surface area contributed by atoms with Crippen LogP contribution in [0.15, 0.2) is 52.4 Å². The number of aliphatic hydroxyl groups excluding tert-OH is 1. The second-order valence-corrected chi connectivity index (χ2v) is 29.1. The molecule has 3 rings (SSSR count). The van der Waals surface area contributed by atoms with E-state index in [0.717, 1.165) is 20.3 Å². The van der Waals surface area contributed by atoms with Gasteiger partial charge in [0, 0.05) is 80.0 Å². The van der Waals surface area contributed by atoms with E-state index in [1.54, 1.807) is 92.1 Å². The van der Waals surface area contributed by atoms with Gasteiger partial charge in [-0.2, -0.15) is 0 Å². The van der Waals surface area contributed by atoms with Gasteiger partial charge >= 0.3 is 0 Å². The third-order valence-electron chi connectivity index (χ3n) is 18.5. The van der Waals surface area contributed by atoms with Crippen LogP contribution in [-0.4, -0.2) is 256 Å². The summed E-state index contributed by atoms with van der Waals surface area (Å²) >= 11 is 0. The van der Waals surface area contributed by atoms with Crippen LogP contribution >= 0.6 is 0 Å². The van der Waals surface area contributed by atoms with Crippen molar-refractivity contribution in [3.05, 3.63) is 48.3 Å². The van der Waals surface area contributed by atoms with Gasteiger partial charge < -0.3 is 74.8 Å². The summed E-state index contributed by atoms with van der Waals surface area (Å²) in [7, 11) is 9.75. The summed E-state index contributed by atoms with van der Waals surface area (Å²) in [5.41, 5.74) is 1.36. The Morgan fingerprint density at radius 2 is 1.16 bits per heavy atom. The summed E-state index contributed by atoms with van der Waals surface area (Å²) < 4.78 is 11.4. The molecule has 0 aliphatic carbocycles. The fourth-order valence-electron chi connectivity index (χ4n) is 12.2. The summed E-state index contributed by atoms with van der Waals surface area (Å²) in [6.07, 6.45) is 7.05. The number of ether oxygens (including phenoxy) is 1. The molecule has 572 valence electrons. The van der Waals surface area contributed by atoms with Crippen molar-refractivity contribution in [2.24, 2.45) is 40.7 Å². The summed E-state index contributed by atoms with van der Waals surface area (Å²) in [5, 5.41) is 31.0. The number of nitrogens with zero attached hydrogens (tertiary/aromatic N) is 10. The molecule has 0 aromatic carbocycles. The van der Waals surface area contributed by atoms with E-state index in [9.17, 15) is 33.9 Å². The van der Waals surface area contributed by atoms with Gasteiger partial charge in [0.25, 0.3) is 0 Å². The first kappa shape index (κ1) is 87.9. The molecule has 1 saturated heterocycles. The van der Waals surface area contributed by atoms with Crippen molar-refractivity contribution in [1.29, 1.82) is 0 Å². The number of oxime groups is 1. The number of unbranched alkanes of at least 4 members (excludes halogenated alkanes) is 1. The lowest BCUT2D eigenvalue weighted by Crippen LogP contribution is -2.63. The zero-order valence-corrected chi connectivity index (χ0v) is 64.7. The van der Waals surface area contributed by atoms with Gasteiger partial charge in [-0.05, 0) is 114 Å². The molecule has 0 unspecified atom stereocenters. The monoisotopic (exact) mass is 1430 g/mol. The quantitative estimate of drug-likeness (QED) is 0.0437. The molecule has 11 amide bonds. The van der Waals surface area contributed by atoms with Crippen LogP contribution in [0.25, 0.3) is 11.5 Å². The summed E-state index contributed by atoms with van der Waals surface area (Å²) in [4.78, 5) is 181. The molecular formula is C73H120N14O15. The highest BCUT2D eigenvalue weighted by Crippen LogP contribution is 2.26. The molecule has 2 aromatic rings. The summed E-state index contributed by atoms with van der Waals surface area (Å²) in [6.45, 7) is 27.1. The highest BCUT2D eigenvalue weighted by molar-refractivity contribution is 5.99. The van der Waals surface area contributed by atoms with E-state index in [4.69, 9.17) is 14.1 Å². The molecule has 1 aliphatic heterocycles. The molecule has 13 atom stereocenters. The third kappa shape index (κ3) is 25.0. The molecule has 0 spiro atoms. The van der Waals surface area contributed by atoms with Crippen LogP contribution in [0.4, 0.5) is 0 Å². The average molecular weight is 1430 g/mol. The Balaban J connectivity index is 2.22. The zero-order chi connectivity index (χ0) is 77.3. The van der Waals surface area contributed by atoms with Gasteiger partial charge in [0.05, 0.1) is 24.9 Å². The number of hydrogen-bond donors (Lipinski definition) is 5.